The van der Waals surface area contributed by atoms with E-state index >= 15 is 0 Å². The van der Waals surface area contributed by atoms with E-state index < -0.39 is 9.84 Å². The number of rotatable bonds is 7. The van der Waals surface area contributed by atoms with E-state index in [-0.39, 0.29) is 11.0 Å². The summed E-state index contributed by atoms with van der Waals surface area (Å²) < 4.78 is 23.4. The van der Waals surface area contributed by atoms with Gasteiger partial charge in [-0.05, 0) is 45.5 Å². The van der Waals surface area contributed by atoms with Crippen molar-refractivity contribution in [1.29, 1.82) is 0 Å². The van der Waals surface area contributed by atoms with Crippen LogP contribution >= 0.6 is 11.8 Å². The number of nitrogens with one attached hydrogen (secondary N) is 1. The van der Waals surface area contributed by atoms with Crippen LogP contribution in [0.3, 0.4) is 0 Å². The van der Waals surface area contributed by atoms with Gasteiger partial charge in [0.1, 0.15) is 0 Å². The van der Waals surface area contributed by atoms with E-state index in [1.807, 2.05) is 7.05 Å². The van der Waals surface area contributed by atoms with Gasteiger partial charge in [0.05, 0.1) is 11.0 Å². The minimum Gasteiger partial charge on any atom is -0.313 e. The van der Waals surface area contributed by atoms with Gasteiger partial charge in [-0.1, -0.05) is 12.1 Å². The smallest absolute Gasteiger partial charge is 0.153 e. The fourth-order valence-electron chi connectivity index (χ4n) is 1.53. The molecule has 0 spiro atoms. The maximum Gasteiger partial charge on any atom is 0.153 e. The molecule has 0 heterocycles. The normalized spacial score (nSPS) is 13.7. The van der Waals surface area contributed by atoms with Crippen LogP contribution in [0.15, 0.2) is 29.2 Å². The van der Waals surface area contributed by atoms with Crippen LogP contribution in [0.1, 0.15) is 32.4 Å². The highest BCUT2D eigenvalue weighted by Gasteiger charge is 2.15. The Hall–Kier alpha value is -0.520. The van der Waals surface area contributed by atoms with Crippen molar-refractivity contribution in [3.8, 4) is 0 Å². The molecule has 1 rings (SSSR count). The minimum absolute atomic E-state index is 0.240. The van der Waals surface area contributed by atoms with Crippen molar-refractivity contribution >= 4 is 21.6 Å². The quantitative estimate of drug-likeness (QED) is 0.787. The Bertz CT molecular complexity index is 481. The van der Waals surface area contributed by atoms with Crippen molar-refractivity contribution in [3.05, 3.63) is 29.8 Å². The van der Waals surface area contributed by atoms with Gasteiger partial charge in [-0.2, -0.15) is 0 Å². The molecule has 0 aliphatic heterocycles. The number of hydrogen-bond acceptors (Lipinski definition) is 4. The predicted octanol–water partition coefficient (Wildman–Crippen LogP) is 2.88. The van der Waals surface area contributed by atoms with Gasteiger partial charge in [0.25, 0.3) is 0 Å². The molecule has 108 valence electrons. The first kappa shape index (κ1) is 16.5. The highest BCUT2D eigenvalue weighted by molar-refractivity contribution is 8.00. The molecule has 1 aromatic rings. The topological polar surface area (TPSA) is 46.2 Å². The molecule has 1 atom stereocenters. The zero-order valence-electron chi connectivity index (χ0n) is 12.0. The number of benzene rings is 1. The molecule has 5 heteroatoms. The zero-order chi connectivity index (χ0) is 14.5. The molecule has 0 amide bonds. The lowest BCUT2D eigenvalue weighted by atomic mass is 10.1. The summed E-state index contributed by atoms with van der Waals surface area (Å²) in [4.78, 5) is 1.12. The summed E-state index contributed by atoms with van der Waals surface area (Å²) >= 11 is 1.59. The molecule has 1 aromatic carbocycles. The molecule has 1 unspecified atom stereocenters. The second-order valence-electron chi connectivity index (χ2n) is 4.84. The second-order valence-corrected chi connectivity index (χ2v) is 8.69. The van der Waals surface area contributed by atoms with E-state index in [0.717, 1.165) is 4.90 Å². The molecule has 0 aliphatic carbocycles. The molecular formula is C14H23NO2S2. The molecule has 0 aromatic heterocycles. The van der Waals surface area contributed by atoms with E-state index in [0.29, 0.717) is 11.8 Å². The zero-order valence-corrected chi connectivity index (χ0v) is 13.6. The maximum atomic E-state index is 11.7. The van der Waals surface area contributed by atoms with Gasteiger partial charge in [0.15, 0.2) is 9.84 Å². The van der Waals surface area contributed by atoms with Crippen LogP contribution in [0.4, 0.5) is 0 Å². The van der Waals surface area contributed by atoms with E-state index in [4.69, 9.17) is 0 Å². The lowest BCUT2D eigenvalue weighted by molar-refractivity contribution is 0.589. The van der Waals surface area contributed by atoms with Gasteiger partial charge in [0, 0.05) is 16.7 Å². The lowest BCUT2D eigenvalue weighted by Gasteiger charge is -2.11. The summed E-state index contributed by atoms with van der Waals surface area (Å²) in [5.74, 6) is 0.853. The fourth-order valence-corrected chi connectivity index (χ4v) is 3.83. The first-order valence-electron chi connectivity index (χ1n) is 6.48. The van der Waals surface area contributed by atoms with Gasteiger partial charge in [-0.3, -0.25) is 0 Å². The Labute approximate surface area is 121 Å². The number of hydrogen-bond donors (Lipinski definition) is 1. The Balaban J connectivity index is 2.51. The van der Waals surface area contributed by atoms with Crippen LogP contribution in [-0.4, -0.2) is 32.2 Å². The third-order valence-corrected chi connectivity index (χ3v) is 6.65. The van der Waals surface area contributed by atoms with Crippen molar-refractivity contribution in [2.75, 3.05) is 18.6 Å². The molecule has 0 radical (unpaired) electrons. The molecule has 0 fully saturated rings. The standard InChI is InChI=1S/C14H23NO2S2/c1-11(2)19(16,17)10-9-18-14-7-5-13(6-8-14)12(3)15-4/h5-8,11-12,15H,9-10H2,1-4H3. The van der Waals surface area contributed by atoms with Gasteiger partial charge in [0.2, 0.25) is 0 Å². The molecule has 0 saturated heterocycles. The molecule has 0 bridgehead atoms. The molecule has 0 saturated carbocycles. The summed E-state index contributed by atoms with van der Waals surface area (Å²) in [6.07, 6.45) is 0. The van der Waals surface area contributed by atoms with E-state index in [2.05, 4.69) is 36.5 Å². The Morgan fingerprint density at radius 1 is 1.16 bits per heavy atom. The summed E-state index contributed by atoms with van der Waals surface area (Å²) in [5, 5.41) is 2.90. The fraction of sp³-hybridized carbons (Fsp3) is 0.571. The maximum absolute atomic E-state index is 11.7. The Morgan fingerprint density at radius 3 is 2.21 bits per heavy atom. The summed E-state index contributed by atoms with van der Waals surface area (Å²) in [6.45, 7) is 5.57. The number of sulfone groups is 1. The first-order chi connectivity index (χ1) is 8.86. The Kier molecular flexibility index (Phi) is 6.36. The average molecular weight is 301 g/mol. The van der Waals surface area contributed by atoms with Gasteiger partial charge in [-0.25, -0.2) is 8.42 Å². The monoisotopic (exact) mass is 301 g/mol. The van der Waals surface area contributed by atoms with Crippen molar-refractivity contribution in [2.24, 2.45) is 0 Å². The second kappa shape index (κ2) is 7.31. The van der Waals surface area contributed by atoms with Crippen molar-refractivity contribution < 1.29 is 8.42 Å². The summed E-state index contributed by atoms with van der Waals surface area (Å²) in [5.41, 5.74) is 1.24. The van der Waals surface area contributed by atoms with Crippen molar-refractivity contribution in [1.82, 2.24) is 5.32 Å². The SMILES string of the molecule is CNC(C)c1ccc(SCCS(=O)(=O)C(C)C)cc1. The van der Waals surface area contributed by atoms with Crippen molar-refractivity contribution in [3.63, 3.8) is 0 Å². The molecule has 19 heavy (non-hydrogen) atoms. The summed E-state index contributed by atoms with van der Waals surface area (Å²) in [6, 6.07) is 8.60. The summed E-state index contributed by atoms with van der Waals surface area (Å²) in [7, 11) is -0.990. The van der Waals surface area contributed by atoms with E-state index in [1.54, 1.807) is 25.6 Å². The highest BCUT2D eigenvalue weighted by Crippen LogP contribution is 2.21. The Morgan fingerprint density at radius 2 is 1.74 bits per heavy atom. The predicted molar refractivity (Wildman–Crippen MR) is 83.6 cm³/mol. The van der Waals surface area contributed by atoms with Crippen molar-refractivity contribution in [2.45, 2.75) is 37.0 Å². The lowest BCUT2D eigenvalue weighted by Crippen LogP contribution is -2.18. The highest BCUT2D eigenvalue weighted by atomic mass is 32.2. The van der Waals surface area contributed by atoms with Crippen LogP contribution in [-0.2, 0) is 9.84 Å². The third-order valence-electron chi connectivity index (χ3n) is 3.17. The van der Waals surface area contributed by atoms with Gasteiger partial charge >= 0.3 is 0 Å². The number of thioether (sulfide) groups is 1. The minimum atomic E-state index is -2.92. The molecule has 1 N–H and O–H groups in total. The first-order valence-corrected chi connectivity index (χ1v) is 9.18. The third kappa shape index (κ3) is 5.16. The van der Waals surface area contributed by atoms with Crippen LogP contribution < -0.4 is 5.32 Å². The van der Waals surface area contributed by atoms with E-state index in [1.165, 1.54) is 5.56 Å². The largest absolute Gasteiger partial charge is 0.313 e. The van der Waals surface area contributed by atoms with Crippen LogP contribution in [0.5, 0.6) is 0 Å². The van der Waals surface area contributed by atoms with Crippen LogP contribution in [0.25, 0.3) is 0 Å². The average Bonchev–Trinajstić information content (AvgIpc) is 2.38. The van der Waals surface area contributed by atoms with Gasteiger partial charge < -0.3 is 5.32 Å². The van der Waals surface area contributed by atoms with E-state index in [9.17, 15) is 8.42 Å². The molecule has 0 aliphatic rings. The van der Waals surface area contributed by atoms with Gasteiger partial charge in [-0.15, -0.1) is 11.8 Å². The molecular weight excluding hydrogens is 278 g/mol. The van der Waals surface area contributed by atoms with Crippen LogP contribution in [0.2, 0.25) is 0 Å². The van der Waals surface area contributed by atoms with Crippen LogP contribution in [0, 0.1) is 0 Å². The molecule has 3 nitrogen and oxygen atoms in total.